The maximum absolute atomic E-state index is 4.11. The Kier molecular flexibility index (Phi) is 5.36. The average Bonchev–Trinajstić information content (AvgIpc) is 2.11. The molecule has 13 heavy (non-hydrogen) atoms. The predicted octanol–water partition coefficient (Wildman–Crippen LogP) is 3.63. The van der Waals surface area contributed by atoms with Crippen LogP contribution in [0.3, 0.4) is 0 Å². The van der Waals surface area contributed by atoms with Crippen molar-refractivity contribution in [2.24, 2.45) is 10.9 Å². The third kappa shape index (κ3) is 4.66. The van der Waals surface area contributed by atoms with Gasteiger partial charge in [0.25, 0.3) is 0 Å². The molecule has 0 aromatic carbocycles. The van der Waals surface area contributed by atoms with E-state index in [1.807, 2.05) is 6.92 Å². The first-order valence-electron chi connectivity index (χ1n) is 4.78. The fraction of sp³-hybridized carbons (Fsp3) is 0.583. The van der Waals surface area contributed by atoms with Gasteiger partial charge in [0, 0.05) is 12.8 Å². The largest absolute Gasteiger partial charge is 0.293 e. The number of aliphatic imine (C=N–C) groups is 1. The zero-order valence-corrected chi connectivity index (χ0v) is 9.52. The third-order valence-corrected chi connectivity index (χ3v) is 2.14. The second-order valence-electron chi connectivity index (χ2n) is 3.80. The van der Waals surface area contributed by atoms with Gasteiger partial charge in [-0.3, -0.25) is 4.99 Å². The topological polar surface area (TPSA) is 12.4 Å². The number of hydrogen-bond donors (Lipinski definition) is 0. The van der Waals surface area contributed by atoms with Crippen LogP contribution in [-0.2, 0) is 0 Å². The Morgan fingerprint density at radius 3 is 2.31 bits per heavy atom. The van der Waals surface area contributed by atoms with Crippen LogP contribution in [-0.4, -0.2) is 12.8 Å². The Labute approximate surface area is 82.3 Å². The van der Waals surface area contributed by atoms with E-state index in [9.17, 15) is 0 Å². The van der Waals surface area contributed by atoms with Gasteiger partial charge in [-0.15, -0.1) is 0 Å². The first-order valence-corrected chi connectivity index (χ1v) is 4.78. The van der Waals surface area contributed by atoms with Gasteiger partial charge in [-0.2, -0.15) is 0 Å². The van der Waals surface area contributed by atoms with Gasteiger partial charge in [0.1, 0.15) is 0 Å². The number of allylic oxidation sites excluding steroid dienone is 3. The van der Waals surface area contributed by atoms with Gasteiger partial charge in [-0.05, 0) is 37.3 Å². The fourth-order valence-electron chi connectivity index (χ4n) is 0.956. The van der Waals surface area contributed by atoms with E-state index in [4.69, 9.17) is 0 Å². The summed E-state index contributed by atoms with van der Waals surface area (Å²) in [4.78, 5) is 4.11. The molecule has 0 saturated heterocycles. The van der Waals surface area contributed by atoms with Crippen LogP contribution in [0.25, 0.3) is 0 Å². The van der Waals surface area contributed by atoms with Crippen LogP contribution in [0.1, 0.15) is 34.1 Å². The molecule has 0 fully saturated rings. The molecule has 1 nitrogen and oxygen atoms in total. The van der Waals surface area contributed by atoms with Crippen molar-refractivity contribution in [3.05, 3.63) is 23.8 Å². The highest BCUT2D eigenvalue weighted by Gasteiger charge is 2.00. The van der Waals surface area contributed by atoms with Crippen molar-refractivity contribution in [2.75, 3.05) is 7.05 Å². The van der Waals surface area contributed by atoms with Gasteiger partial charge in [-0.1, -0.05) is 26.5 Å². The summed E-state index contributed by atoms with van der Waals surface area (Å²) >= 11 is 0. The summed E-state index contributed by atoms with van der Waals surface area (Å²) in [6.45, 7) is 12.5. The zero-order chi connectivity index (χ0) is 10.4. The Balaban J connectivity index is 4.34. The summed E-state index contributed by atoms with van der Waals surface area (Å²) in [7, 11) is 1.80. The minimum absolute atomic E-state index is 0.710. The molecule has 0 aromatic heterocycles. The Morgan fingerprint density at radius 1 is 1.38 bits per heavy atom. The average molecular weight is 179 g/mol. The Bertz CT molecular complexity index is 232. The molecule has 0 spiro atoms. The van der Waals surface area contributed by atoms with E-state index in [1.165, 1.54) is 5.57 Å². The molecular formula is C12H21N. The van der Waals surface area contributed by atoms with Crippen molar-refractivity contribution in [1.82, 2.24) is 0 Å². The lowest BCUT2D eigenvalue weighted by Crippen LogP contribution is -1.97. The van der Waals surface area contributed by atoms with Crippen LogP contribution in [0.5, 0.6) is 0 Å². The Hall–Kier alpha value is -0.850. The molecular weight excluding hydrogens is 158 g/mol. The molecule has 0 amide bonds. The van der Waals surface area contributed by atoms with Crippen LogP contribution in [0.15, 0.2) is 28.8 Å². The van der Waals surface area contributed by atoms with E-state index in [-0.39, 0.29) is 0 Å². The molecule has 0 N–H and O–H groups in total. The molecule has 0 saturated carbocycles. The van der Waals surface area contributed by atoms with Crippen molar-refractivity contribution < 1.29 is 0 Å². The molecule has 0 aromatic rings. The predicted molar refractivity (Wildman–Crippen MR) is 61.4 cm³/mol. The molecule has 0 atom stereocenters. The fourth-order valence-corrected chi connectivity index (χ4v) is 0.956. The first-order chi connectivity index (χ1) is 5.99. The third-order valence-electron chi connectivity index (χ3n) is 2.14. The lowest BCUT2D eigenvalue weighted by molar-refractivity contribution is 0.662. The Morgan fingerprint density at radius 2 is 1.92 bits per heavy atom. The molecule has 0 unspecified atom stereocenters. The van der Waals surface area contributed by atoms with Crippen molar-refractivity contribution in [3.63, 3.8) is 0 Å². The van der Waals surface area contributed by atoms with E-state index in [0.717, 1.165) is 17.7 Å². The quantitative estimate of drug-likeness (QED) is 0.461. The summed E-state index contributed by atoms with van der Waals surface area (Å²) in [6, 6.07) is 0. The van der Waals surface area contributed by atoms with Crippen molar-refractivity contribution >= 4 is 5.71 Å². The second-order valence-corrected chi connectivity index (χ2v) is 3.80. The minimum atomic E-state index is 0.710. The molecule has 0 radical (unpaired) electrons. The molecule has 0 aliphatic rings. The summed E-state index contributed by atoms with van der Waals surface area (Å²) in [5.74, 6) is 0.710. The van der Waals surface area contributed by atoms with E-state index >= 15 is 0 Å². The lowest BCUT2D eigenvalue weighted by Gasteiger charge is -2.06. The molecule has 74 valence electrons. The van der Waals surface area contributed by atoms with Gasteiger partial charge in [0.15, 0.2) is 0 Å². The maximum atomic E-state index is 4.11. The lowest BCUT2D eigenvalue weighted by atomic mass is 10.0. The highest BCUT2D eigenvalue weighted by Crippen LogP contribution is 2.12. The number of rotatable bonds is 4. The van der Waals surface area contributed by atoms with Gasteiger partial charge in [0.2, 0.25) is 0 Å². The van der Waals surface area contributed by atoms with Crippen LogP contribution in [0.4, 0.5) is 0 Å². The van der Waals surface area contributed by atoms with E-state index in [1.54, 1.807) is 7.05 Å². The summed E-state index contributed by atoms with van der Waals surface area (Å²) in [5, 5.41) is 0. The van der Waals surface area contributed by atoms with E-state index in [0.29, 0.717) is 5.92 Å². The van der Waals surface area contributed by atoms with Crippen LogP contribution >= 0.6 is 0 Å². The zero-order valence-electron chi connectivity index (χ0n) is 9.52. The molecule has 1 heteroatoms. The van der Waals surface area contributed by atoms with Crippen LogP contribution in [0.2, 0.25) is 0 Å². The molecule has 0 aliphatic carbocycles. The van der Waals surface area contributed by atoms with E-state index < -0.39 is 0 Å². The highest BCUT2D eigenvalue weighted by molar-refractivity contribution is 6.01. The summed E-state index contributed by atoms with van der Waals surface area (Å²) < 4.78 is 0. The van der Waals surface area contributed by atoms with Gasteiger partial charge >= 0.3 is 0 Å². The number of hydrogen-bond acceptors (Lipinski definition) is 1. The normalized spacial score (nSPS) is 13.7. The SMILES string of the molecule is C=C(C(C)=CCC(C)C)C(C)=NC. The van der Waals surface area contributed by atoms with Gasteiger partial charge < -0.3 is 0 Å². The summed E-state index contributed by atoms with van der Waals surface area (Å²) in [5.41, 5.74) is 3.33. The van der Waals surface area contributed by atoms with Crippen LogP contribution < -0.4 is 0 Å². The van der Waals surface area contributed by atoms with Crippen molar-refractivity contribution in [2.45, 2.75) is 34.1 Å². The molecule has 0 bridgehead atoms. The van der Waals surface area contributed by atoms with Crippen molar-refractivity contribution in [3.8, 4) is 0 Å². The monoisotopic (exact) mass is 179 g/mol. The second kappa shape index (κ2) is 5.74. The van der Waals surface area contributed by atoms with Crippen LogP contribution in [0, 0.1) is 5.92 Å². The van der Waals surface area contributed by atoms with E-state index in [2.05, 4.69) is 38.4 Å². The van der Waals surface area contributed by atoms with Gasteiger partial charge in [-0.25, -0.2) is 0 Å². The molecule has 0 heterocycles. The minimum Gasteiger partial charge on any atom is -0.293 e. The first kappa shape index (κ1) is 12.2. The highest BCUT2D eigenvalue weighted by atomic mass is 14.7. The van der Waals surface area contributed by atoms with Gasteiger partial charge in [0.05, 0.1) is 0 Å². The summed E-state index contributed by atoms with van der Waals surface area (Å²) in [6.07, 6.45) is 3.35. The van der Waals surface area contributed by atoms with Crippen molar-refractivity contribution in [1.29, 1.82) is 0 Å². The standard InChI is InChI=1S/C12H21N/c1-9(2)7-8-10(3)11(4)12(5)13-6/h8-9H,4,7H2,1-3,5-6H3. The molecule has 0 rings (SSSR count). The number of nitrogens with zero attached hydrogens (tertiary/aromatic N) is 1. The molecule has 0 aliphatic heterocycles. The smallest absolute Gasteiger partial charge is 0.0382 e. The maximum Gasteiger partial charge on any atom is 0.0382 e.